The van der Waals surface area contributed by atoms with Crippen LogP contribution in [0.1, 0.15) is 60.9 Å². The molecule has 2 aromatic rings. The van der Waals surface area contributed by atoms with E-state index in [1.165, 1.54) is 0 Å². The highest BCUT2D eigenvalue weighted by Gasteiger charge is 2.67. The SMILES string of the molecule is CC(=O)CCCCCC(=O)c1cc(NC(=O)C2C(c3cc(Cl)cc(Cl)c3)C2(Cl)Cl)ccc1Cl. The van der Waals surface area contributed by atoms with Crippen molar-refractivity contribution in [3.8, 4) is 0 Å². The first-order valence-electron chi connectivity index (χ1n) is 10.5. The third-order valence-electron chi connectivity index (χ3n) is 5.55. The molecule has 1 saturated carbocycles. The van der Waals surface area contributed by atoms with Crippen LogP contribution in [0.2, 0.25) is 15.1 Å². The lowest BCUT2D eigenvalue weighted by atomic mass is 10.0. The van der Waals surface area contributed by atoms with Crippen LogP contribution < -0.4 is 5.32 Å². The van der Waals surface area contributed by atoms with Crippen LogP contribution in [0, 0.1) is 5.92 Å². The minimum absolute atomic E-state index is 0.124. The molecule has 0 saturated heterocycles. The molecule has 2 aromatic carbocycles. The van der Waals surface area contributed by atoms with Gasteiger partial charge in [-0.15, -0.1) is 23.2 Å². The maximum absolute atomic E-state index is 12.9. The summed E-state index contributed by atoms with van der Waals surface area (Å²) in [5, 5.41) is 3.94. The molecule has 1 aliphatic rings. The van der Waals surface area contributed by atoms with Crippen LogP contribution in [0.25, 0.3) is 0 Å². The number of halogens is 5. The third kappa shape index (κ3) is 6.64. The van der Waals surface area contributed by atoms with E-state index in [2.05, 4.69) is 5.32 Å². The van der Waals surface area contributed by atoms with E-state index < -0.39 is 16.2 Å². The molecule has 1 aliphatic carbocycles. The number of hydrogen-bond donors (Lipinski definition) is 1. The Labute approximate surface area is 217 Å². The quantitative estimate of drug-likeness (QED) is 0.186. The summed E-state index contributed by atoms with van der Waals surface area (Å²) in [6.45, 7) is 1.55. The summed E-state index contributed by atoms with van der Waals surface area (Å²) in [4.78, 5) is 36.5. The van der Waals surface area contributed by atoms with Crippen LogP contribution in [0.15, 0.2) is 36.4 Å². The zero-order valence-corrected chi connectivity index (χ0v) is 21.5. The predicted octanol–water partition coefficient (Wildman–Crippen LogP) is 7.90. The lowest BCUT2D eigenvalue weighted by molar-refractivity contribution is -0.118. The van der Waals surface area contributed by atoms with E-state index in [1.54, 1.807) is 43.3 Å². The lowest BCUT2D eigenvalue weighted by Gasteiger charge is -2.09. The average Bonchev–Trinajstić information content (AvgIpc) is 3.30. The number of amides is 1. The molecule has 0 heterocycles. The minimum Gasteiger partial charge on any atom is -0.326 e. The first-order chi connectivity index (χ1) is 15.5. The van der Waals surface area contributed by atoms with Gasteiger partial charge < -0.3 is 10.1 Å². The number of carbonyl (C=O) groups excluding carboxylic acids is 3. The second-order valence-corrected chi connectivity index (χ2v) is 10.9. The summed E-state index contributed by atoms with van der Waals surface area (Å²) in [5.74, 6) is -1.55. The summed E-state index contributed by atoms with van der Waals surface area (Å²) in [7, 11) is 0. The molecule has 9 heteroatoms. The van der Waals surface area contributed by atoms with Gasteiger partial charge in [-0.3, -0.25) is 9.59 Å². The number of hydrogen-bond acceptors (Lipinski definition) is 3. The fourth-order valence-corrected chi connectivity index (χ4v) is 5.42. The summed E-state index contributed by atoms with van der Waals surface area (Å²) in [5.41, 5.74) is 1.43. The van der Waals surface area contributed by atoms with Crippen LogP contribution in [-0.2, 0) is 9.59 Å². The average molecular weight is 550 g/mol. The Kier molecular flexibility index (Phi) is 8.74. The first kappa shape index (κ1) is 26.3. The molecule has 0 bridgehead atoms. The molecule has 1 amide bonds. The number of rotatable bonds is 10. The van der Waals surface area contributed by atoms with E-state index in [0.29, 0.717) is 51.1 Å². The van der Waals surface area contributed by atoms with Gasteiger partial charge in [-0.05, 0) is 61.7 Å². The number of anilines is 1. The number of benzene rings is 2. The second kappa shape index (κ2) is 11.0. The Morgan fingerprint density at radius 3 is 2.18 bits per heavy atom. The number of unbranched alkanes of at least 4 members (excludes halogenated alkanes) is 2. The van der Waals surface area contributed by atoms with Gasteiger partial charge in [-0.2, -0.15) is 0 Å². The van der Waals surface area contributed by atoms with Crippen LogP contribution >= 0.6 is 58.0 Å². The van der Waals surface area contributed by atoms with Gasteiger partial charge >= 0.3 is 0 Å². The topological polar surface area (TPSA) is 63.2 Å². The molecular formula is C24H22Cl5NO3. The second-order valence-electron chi connectivity index (χ2n) is 8.20. The zero-order valence-electron chi connectivity index (χ0n) is 17.8. The number of ketones is 2. The summed E-state index contributed by atoms with van der Waals surface area (Å²) in [6.07, 6.45) is 3.02. The molecule has 3 rings (SSSR count). The molecule has 4 nitrogen and oxygen atoms in total. The molecule has 0 radical (unpaired) electrons. The lowest BCUT2D eigenvalue weighted by Crippen LogP contribution is -2.17. The van der Waals surface area contributed by atoms with Gasteiger partial charge in [0.25, 0.3) is 0 Å². The van der Waals surface area contributed by atoms with Gasteiger partial charge in [-0.25, -0.2) is 0 Å². The fraction of sp³-hybridized carbons (Fsp3) is 0.375. The van der Waals surface area contributed by atoms with E-state index in [9.17, 15) is 14.4 Å². The third-order valence-corrected chi connectivity index (χ3v) is 7.25. The maximum Gasteiger partial charge on any atom is 0.231 e. The Morgan fingerprint density at radius 1 is 0.909 bits per heavy atom. The molecular weight excluding hydrogens is 528 g/mol. The summed E-state index contributed by atoms with van der Waals surface area (Å²) >= 11 is 31.2. The number of carbonyl (C=O) groups is 3. The molecule has 2 atom stereocenters. The molecule has 176 valence electrons. The maximum atomic E-state index is 12.9. The molecule has 1 N–H and O–H groups in total. The largest absolute Gasteiger partial charge is 0.326 e. The van der Waals surface area contributed by atoms with Gasteiger partial charge in [0.05, 0.1) is 10.9 Å². The van der Waals surface area contributed by atoms with Crippen molar-refractivity contribution in [2.45, 2.75) is 49.3 Å². The van der Waals surface area contributed by atoms with E-state index in [-0.39, 0.29) is 17.5 Å². The van der Waals surface area contributed by atoms with Crippen LogP contribution in [0.3, 0.4) is 0 Å². The zero-order chi connectivity index (χ0) is 24.3. The van der Waals surface area contributed by atoms with E-state index >= 15 is 0 Å². The van der Waals surface area contributed by atoms with Gasteiger partial charge in [0.2, 0.25) is 5.91 Å². The van der Waals surface area contributed by atoms with Crippen LogP contribution in [-0.4, -0.2) is 21.8 Å². The Morgan fingerprint density at radius 2 is 1.55 bits per heavy atom. The smallest absolute Gasteiger partial charge is 0.231 e. The van der Waals surface area contributed by atoms with E-state index in [4.69, 9.17) is 58.0 Å². The van der Waals surface area contributed by atoms with E-state index in [0.717, 1.165) is 12.8 Å². The number of Topliss-reactive ketones (excluding diaryl/α,β-unsaturated/α-hetero) is 2. The monoisotopic (exact) mass is 547 g/mol. The first-order valence-corrected chi connectivity index (χ1v) is 12.4. The Bertz CT molecular complexity index is 1070. The van der Waals surface area contributed by atoms with Gasteiger partial charge in [-0.1, -0.05) is 41.2 Å². The Balaban J connectivity index is 1.65. The van der Waals surface area contributed by atoms with Gasteiger partial charge in [0.1, 0.15) is 10.1 Å². The summed E-state index contributed by atoms with van der Waals surface area (Å²) < 4.78 is -1.30. The van der Waals surface area contributed by atoms with Crippen molar-refractivity contribution in [2.24, 2.45) is 5.92 Å². The van der Waals surface area contributed by atoms with Crippen molar-refractivity contribution in [1.82, 2.24) is 0 Å². The fourth-order valence-electron chi connectivity index (χ4n) is 3.83. The highest BCUT2D eigenvalue weighted by molar-refractivity contribution is 6.53. The van der Waals surface area contributed by atoms with Gasteiger partial charge in [0, 0.05) is 40.1 Å². The normalized spacial score (nSPS) is 18.6. The predicted molar refractivity (Wildman–Crippen MR) is 135 cm³/mol. The van der Waals surface area contributed by atoms with Crippen molar-refractivity contribution < 1.29 is 14.4 Å². The highest BCUT2D eigenvalue weighted by Crippen LogP contribution is 2.65. The van der Waals surface area contributed by atoms with Crippen molar-refractivity contribution in [2.75, 3.05) is 5.32 Å². The standard InChI is InChI=1S/C24H22Cl5NO3/c1-13(31)5-3-2-4-6-20(32)18-12-17(7-8-19(18)27)30-23(33)22-21(24(22,28)29)14-9-15(25)11-16(26)10-14/h7-12,21-22H,2-6H2,1H3,(H,30,33). The highest BCUT2D eigenvalue weighted by atomic mass is 35.5. The molecule has 2 unspecified atom stereocenters. The van der Waals surface area contributed by atoms with Crippen molar-refractivity contribution in [3.63, 3.8) is 0 Å². The van der Waals surface area contributed by atoms with Crippen LogP contribution in [0.4, 0.5) is 5.69 Å². The summed E-state index contributed by atoms with van der Waals surface area (Å²) in [6, 6.07) is 9.68. The van der Waals surface area contributed by atoms with E-state index in [1.807, 2.05) is 0 Å². The number of alkyl halides is 2. The van der Waals surface area contributed by atoms with Crippen molar-refractivity contribution >= 4 is 81.2 Å². The number of nitrogens with one attached hydrogen (secondary N) is 1. The molecule has 0 aromatic heterocycles. The van der Waals surface area contributed by atoms with Crippen LogP contribution in [0.5, 0.6) is 0 Å². The molecule has 0 aliphatic heterocycles. The van der Waals surface area contributed by atoms with Gasteiger partial charge in [0.15, 0.2) is 5.78 Å². The Hall–Kier alpha value is -1.30. The molecule has 1 fully saturated rings. The molecule has 0 spiro atoms. The van der Waals surface area contributed by atoms with Crippen molar-refractivity contribution in [1.29, 1.82) is 0 Å². The van der Waals surface area contributed by atoms with Crippen molar-refractivity contribution in [3.05, 3.63) is 62.6 Å². The molecule has 33 heavy (non-hydrogen) atoms. The minimum atomic E-state index is -1.30.